The third kappa shape index (κ3) is 3.49. The number of hydrogen-bond acceptors (Lipinski definition) is 4. The number of aromatic nitrogens is 1. The Morgan fingerprint density at radius 2 is 1.95 bits per heavy atom. The number of carbonyl (C=O) groups excluding carboxylic acids is 2. The molecule has 0 aliphatic carbocycles. The number of benzene rings is 1. The Morgan fingerprint density at radius 3 is 2.64 bits per heavy atom. The molecule has 1 aromatic carbocycles. The average molecular weight is 298 g/mol. The number of amides is 1. The number of methoxy groups -OCH3 is 1. The topological polar surface area (TPSA) is 59.5 Å². The van der Waals surface area contributed by atoms with Gasteiger partial charge in [0.2, 0.25) is 0 Å². The fourth-order valence-corrected chi connectivity index (χ4v) is 2.12. The molecule has 2 aromatic rings. The predicted octanol–water partition coefficient (Wildman–Crippen LogP) is 2.45. The van der Waals surface area contributed by atoms with E-state index in [2.05, 4.69) is 9.72 Å². The molecule has 0 N–H and O–H groups in total. The first-order chi connectivity index (χ1) is 10.5. The summed E-state index contributed by atoms with van der Waals surface area (Å²) in [5.41, 5.74) is 2.89. The van der Waals surface area contributed by atoms with Gasteiger partial charge in [-0.1, -0.05) is 6.07 Å². The number of hydrogen-bond donors (Lipinski definition) is 0. The van der Waals surface area contributed by atoms with Gasteiger partial charge in [-0.15, -0.1) is 0 Å². The van der Waals surface area contributed by atoms with E-state index in [1.54, 1.807) is 48.6 Å². The number of aryl methyl sites for hydroxylation is 1. The van der Waals surface area contributed by atoms with E-state index in [9.17, 15) is 9.59 Å². The number of carbonyl (C=O) groups is 2. The molecule has 114 valence electrons. The molecule has 0 saturated carbocycles. The van der Waals surface area contributed by atoms with Crippen molar-refractivity contribution in [2.75, 3.05) is 14.2 Å². The lowest BCUT2D eigenvalue weighted by Gasteiger charge is -2.18. The molecular formula is C17H18N2O3. The van der Waals surface area contributed by atoms with Gasteiger partial charge in [-0.2, -0.15) is 0 Å². The van der Waals surface area contributed by atoms with Gasteiger partial charge in [-0.25, -0.2) is 4.79 Å². The predicted molar refractivity (Wildman–Crippen MR) is 82.6 cm³/mol. The number of esters is 1. The van der Waals surface area contributed by atoms with Gasteiger partial charge >= 0.3 is 5.97 Å². The molecule has 5 nitrogen and oxygen atoms in total. The minimum atomic E-state index is -0.456. The van der Waals surface area contributed by atoms with Gasteiger partial charge < -0.3 is 9.64 Å². The molecule has 0 bridgehead atoms. The number of ether oxygens (including phenoxy) is 1. The summed E-state index contributed by atoms with van der Waals surface area (Å²) in [5.74, 6) is -0.607. The summed E-state index contributed by atoms with van der Waals surface area (Å²) in [6.45, 7) is 2.44. The minimum Gasteiger partial charge on any atom is -0.465 e. The van der Waals surface area contributed by atoms with Crippen molar-refractivity contribution in [1.29, 1.82) is 0 Å². The van der Waals surface area contributed by atoms with Crippen LogP contribution in [0, 0.1) is 6.92 Å². The Bertz CT molecular complexity index is 698. The summed E-state index contributed by atoms with van der Waals surface area (Å²) in [6, 6.07) is 8.42. The van der Waals surface area contributed by atoms with Crippen LogP contribution in [0.15, 0.2) is 42.7 Å². The van der Waals surface area contributed by atoms with Crippen LogP contribution < -0.4 is 0 Å². The Labute approximate surface area is 129 Å². The molecule has 0 radical (unpaired) electrons. The summed E-state index contributed by atoms with van der Waals surface area (Å²) >= 11 is 0. The van der Waals surface area contributed by atoms with Gasteiger partial charge in [-0.3, -0.25) is 9.78 Å². The molecule has 0 saturated heterocycles. The maximum absolute atomic E-state index is 12.5. The van der Waals surface area contributed by atoms with Crippen LogP contribution in [0.5, 0.6) is 0 Å². The Morgan fingerprint density at radius 1 is 1.23 bits per heavy atom. The van der Waals surface area contributed by atoms with E-state index in [-0.39, 0.29) is 5.91 Å². The minimum absolute atomic E-state index is 0.151. The standard InChI is InChI=1S/C17H18N2O3/c1-12-10-18-8-7-15(12)11-19(2)16(20)13-5-4-6-14(9-13)17(21)22-3/h4-10H,11H2,1-3H3. The van der Waals surface area contributed by atoms with Crippen molar-refractivity contribution in [3.63, 3.8) is 0 Å². The number of nitrogens with zero attached hydrogens (tertiary/aromatic N) is 2. The molecular weight excluding hydrogens is 280 g/mol. The summed E-state index contributed by atoms with van der Waals surface area (Å²) in [7, 11) is 3.04. The van der Waals surface area contributed by atoms with Crippen LogP contribution in [0.1, 0.15) is 31.8 Å². The molecule has 22 heavy (non-hydrogen) atoms. The number of rotatable bonds is 4. The fourth-order valence-electron chi connectivity index (χ4n) is 2.12. The first kappa shape index (κ1) is 15.7. The maximum Gasteiger partial charge on any atom is 0.337 e. The van der Waals surface area contributed by atoms with E-state index in [0.717, 1.165) is 11.1 Å². The Balaban J connectivity index is 2.17. The smallest absolute Gasteiger partial charge is 0.337 e. The molecule has 0 spiro atoms. The van der Waals surface area contributed by atoms with Crippen molar-refractivity contribution in [3.8, 4) is 0 Å². The second-order valence-corrected chi connectivity index (χ2v) is 5.04. The van der Waals surface area contributed by atoms with E-state index in [1.165, 1.54) is 7.11 Å². The highest BCUT2D eigenvalue weighted by Gasteiger charge is 2.15. The fraction of sp³-hybridized carbons (Fsp3) is 0.235. The summed E-state index contributed by atoms with van der Waals surface area (Å²) in [6.07, 6.45) is 3.48. The molecule has 0 unspecified atom stereocenters. The van der Waals surface area contributed by atoms with Gasteiger partial charge in [0, 0.05) is 31.5 Å². The van der Waals surface area contributed by atoms with Gasteiger partial charge in [0.1, 0.15) is 0 Å². The third-order valence-electron chi connectivity index (χ3n) is 3.42. The van der Waals surface area contributed by atoms with E-state index in [0.29, 0.717) is 17.7 Å². The monoisotopic (exact) mass is 298 g/mol. The van der Waals surface area contributed by atoms with Crippen molar-refractivity contribution < 1.29 is 14.3 Å². The van der Waals surface area contributed by atoms with E-state index in [4.69, 9.17) is 0 Å². The second kappa shape index (κ2) is 6.85. The zero-order valence-corrected chi connectivity index (χ0v) is 12.9. The molecule has 5 heteroatoms. The van der Waals surface area contributed by atoms with Crippen LogP contribution in [0.25, 0.3) is 0 Å². The first-order valence-electron chi connectivity index (χ1n) is 6.86. The zero-order chi connectivity index (χ0) is 16.1. The zero-order valence-electron chi connectivity index (χ0n) is 12.9. The molecule has 0 aliphatic rings. The molecule has 0 fully saturated rings. The van der Waals surface area contributed by atoms with Crippen LogP contribution in [0.2, 0.25) is 0 Å². The summed E-state index contributed by atoms with van der Waals surface area (Å²) in [5, 5.41) is 0. The van der Waals surface area contributed by atoms with Crippen molar-refractivity contribution in [3.05, 3.63) is 65.0 Å². The molecule has 1 amide bonds. The Kier molecular flexibility index (Phi) is 4.88. The quantitative estimate of drug-likeness (QED) is 0.814. The maximum atomic E-state index is 12.5. The van der Waals surface area contributed by atoms with Crippen LogP contribution in [-0.4, -0.2) is 35.9 Å². The lowest BCUT2D eigenvalue weighted by molar-refractivity contribution is 0.0600. The molecule has 1 heterocycles. The first-order valence-corrected chi connectivity index (χ1v) is 6.86. The van der Waals surface area contributed by atoms with Gasteiger partial charge in [0.05, 0.1) is 12.7 Å². The lowest BCUT2D eigenvalue weighted by atomic mass is 10.1. The van der Waals surface area contributed by atoms with E-state index >= 15 is 0 Å². The third-order valence-corrected chi connectivity index (χ3v) is 3.42. The molecule has 1 aromatic heterocycles. The SMILES string of the molecule is COC(=O)c1cccc(C(=O)N(C)Cc2ccncc2C)c1. The number of pyridine rings is 1. The molecule has 2 rings (SSSR count). The van der Waals surface area contributed by atoms with Crippen LogP contribution in [0.3, 0.4) is 0 Å². The summed E-state index contributed by atoms with van der Waals surface area (Å²) in [4.78, 5) is 29.7. The van der Waals surface area contributed by atoms with E-state index in [1.807, 2.05) is 13.0 Å². The van der Waals surface area contributed by atoms with E-state index < -0.39 is 5.97 Å². The van der Waals surface area contributed by atoms with Crippen LogP contribution in [-0.2, 0) is 11.3 Å². The van der Waals surface area contributed by atoms with Crippen molar-refractivity contribution in [2.45, 2.75) is 13.5 Å². The van der Waals surface area contributed by atoms with Crippen molar-refractivity contribution in [2.24, 2.45) is 0 Å². The highest BCUT2D eigenvalue weighted by Crippen LogP contribution is 2.13. The van der Waals surface area contributed by atoms with Crippen molar-refractivity contribution >= 4 is 11.9 Å². The highest BCUT2D eigenvalue weighted by molar-refractivity contribution is 5.97. The summed E-state index contributed by atoms with van der Waals surface area (Å²) < 4.78 is 4.67. The lowest BCUT2D eigenvalue weighted by Crippen LogP contribution is -2.26. The van der Waals surface area contributed by atoms with Gasteiger partial charge in [0.25, 0.3) is 5.91 Å². The van der Waals surface area contributed by atoms with Crippen LogP contribution >= 0.6 is 0 Å². The van der Waals surface area contributed by atoms with Gasteiger partial charge in [0.15, 0.2) is 0 Å². The van der Waals surface area contributed by atoms with Gasteiger partial charge in [-0.05, 0) is 42.3 Å². The average Bonchev–Trinajstić information content (AvgIpc) is 2.55. The van der Waals surface area contributed by atoms with Crippen molar-refractivity contribution in [1.82, 2.24) is 9.88 Å². The normalized spacial score (nSPS) is 10.1. The molecule has 0 atom stereocenters. The Hall–Kier alpha value is -2.69. The van der Waals surface area contributed by atoms with Crippen LogP contribution in [0.4, 0.5) is 0 Å². The highest BCUT2D eigenvalue weighted by atomic mass is 16.5. The second-order valence-electron chi connectivity index (χ2n) is 5.04. The largest absolute Gasteiger partial charge is 0.465 e. The molecule has 0 aliphatic heterocycles.